The Morgan fingerprint density at radius 1 is 1.25 bits per heavy atom. The predicted octanol–water partition coefficient (Wildman–Crippen LogP) is 1.73. The number of hydrogen-bond donors (Lipinski definition) is 1. The summed E-state index contributed by atoms with van der Waals surface area (Å²) in [7, 11) is 7.70. The third kappa shape index (κ3) is 2.76. The van der Waals surface area contributed by atoms with E-state index < -0.39 is 0 Å². The highest BCUT2D eigenvalue weighted by Crippen LogP contribution is 2.23. The van der Waals surface area contributed by atoms with Crippen molar-refractivity contribution in [3.63, 3.8) is 0 Å². The van der Waals surface area contributed by atoms with Crippen molar-refractivity contribution in [2.24, 2.45) is 7.05 Å². The summed E-state index contributed by atoms with van der Waals surface area (Å²) in [5, 5.41) is 0. The first-order valence-corrected chi connectivity index (χ1v) is 7.50. The molecule has 0 aliphatic rings. The Kier molecular flexibility index (Phi) is 3.53. The number of aromatic nitrogens is 5. The molecule has 116 valence electrons. The highest BCUT2D eigenvalue weighted by molar-refractivity contribution is 6.32. The molecule has 7 heteroatoms. The van der Waals surface area contributed by atoms with Crippen LogP contribution in [0.15, 0.2) is 48.9 Å². The Morgan fingerprint density at radius 2 is 2.17 bits per heavy atom. The number of pyridine rings is 1. The summed E-state index contributed by atoms with van der Waals surface area (Å²) >= 11 is 0. The van der Waals surface area contributed by atoms with E-state index in [9.17, 15) is 0 Å². The topological polar surface area (TPSA) is 68.6 Å². The molecule has 4 rings (SSSR count). The van der Waals surface area contributed by atoms with E-state index in [1.165, 1.54) is 0 Å². The molecule has 6 nitrogen and oxygen atoms in total. The average molecular weight is 315 g/mol. The van der Waals surface area contributed by atoms with Gasteiger partial charge in [0, 0.05) is 31.2 Å². The van der Waals surface area contributed by atoms with Gasteiger partial charge in [0.2, 0.25) is 0 Å². The van der Waals surface area contributed by atoms with Gasteiger partial charge in [-0.2, -0.15) is 0 Å². The highest BCUT2D eigenvalue weighted by Gasteiger charge is 2.08. The normalized spacial score (nSPS) is 11.0. The predicted molar refractivity (Wildman–Crippen MR) is 92.3 cm³/mol. The van der Waals surface area contributed by atoms with Crippen LogP contribution in [0.4, 0.5) is 0 Å². The van der Waals surface area contributed by atoms with E-state index in [1.807, 2.05) is 48.1 Å². The summed E-state index contributed by atoms with van der Waals surface area (Å²) in [6.07, 6.45) is 5.24. The van der Waals surface area contributed by atoms with Gasteiger partial charge in [0.15, 0.2) is 5.65 Å². The van der Waals surface area contributed by atoms with Gasteiger partial charge in [-0.15, -0.1) is 0 Å². The first-order chi connectivity index (χ1) is 11.7. The summed E-state index contributed by atoms with van der Waals surface area (Å²) in [6, 6.07) is 9.56. The maximum Gasteiger partial charge on any atom is 0.178 e. The lowest BCUT2D eigenvalue weighted by molar-refractivity contribution is 0.292. The minimum absolute atomic E-state index is 0.408. The van der Waals surface area contributed by atoms with Crippen LogP contribution < -0.4 is 10.2 Å². The second kappa shape index (κ2) is 5.84. The van der Waals surface area contributed by atoms with Crippen molar-refractivity contribution < 1.29 is 4.74 Å². The molecule has 2 radical (unpaired) electrons. The van der Waals surface area contributed by atoms with E-state index in [0.717, 1.165) is 28.5 Å². The Hall–Kier alpha value is -3.09. The molecular weight excluding hydrogens is 301 g/mol. The SMILES string of the molecule is [B]c1cnc2nc(-c3cccc(OCc4nccn4C)c3)[nH]c2c1. The number of nitrogens with zero attached hydrogens (tertiary/aromatic N) is 4. The molecule has 3 aromatic heterocycles. The molecule has 0 bridgehead atoms. The van der Waals surface area contributed by atoms with Gasteiger partial charge < -0.3 is 14.3 Å². The van der Waals surface area contributed by atoms with Gasteiger partial charge in [-0.25, -0.2) is 15.0 Å². The monoisotopic (exact) mass is 315 g/mol. The fourth-order valence-corrected chi connectivity index (χ4v) is 2.47. The Labute approximate surface area is 140 Å². The quantitative estimate of drug-likeness (QED) is 0.582. The van der Waals surface area contributed by atoms with Crippen molar-refractivity contribution in [1.29, 1.82) is 0 Å². The largest absolute Gasteiger partial charge is 0.486 e. The van der Waals surface area contributed by atoms with Crippen molar-refractivity contribution in [2.45, 2.75) is 6.61 Å². The number of H-pyrrole nitrogens is 1. The zero-order chi connectivity index (χ0) is 16.5. The fraction of sp³-hybridized carbons (Fsp3) is 0.118. The molecule has 0 aliphatic heterocycles. The third-order valence-corrected chi connectivity index (χ3v) is 3.75. The van der Waals surface area contributed by atoms with E-state index in [-0.39, 0.29) is 0 Å². The summed E-state index contributed by atoms with van der Waals surface area (Å²) in [5.74, 6) is 2.35. The van der Waals surface area contributed by atoms with Crippen molar-refractivity contribution in [3.05, 3.63) is 54.7 Å². The summed E-state index contributed by atoms with van der Waals surface area (Å²) in [4.78, 5) is 16.2. The van der Waals surface area contributed by atoms with Gasteiger partial charge in [0.1, 0.15) is 31.9 Å². The van der Waals surface area contributed by atoms with Gasteiger partial charge in [-0.1, -0.05) is 17.6 Å². The molecule has 0 atom stereocenters. The van der Waals surface area contributed by atoms with Crippen molar-refractivity contribution in [3.8, 4) is 17.1 Å². The molecule has 1 N–H and O–H groups in total. The van der Waals surface area contributed by atoms with Gasteiger partial charge in [0.05, 0.1) is 5.52 Å². The van der Waals surface area contributed by atoms with E-state index >= 15 is 0 Å². The molecule has 0 aliphatic carbocycles. The van der Waals surface area contributed by atoms with Gasteiger partial charge in [-0.05, 0) is 18.2 Å². The summed E-state index contributed by atoms with van der Waals surface area (Å²) in [6.45, 7) is 0.408. The minimum Gasteiger partial charge on any atom is -0.486 e. The number of aryl methyl sites for hydroxylation is 1. The van der Waals surface area contributed by atoms with E-state index in [0.29, 0.717) is 17.7 Å². The average Bonchev–Trinajstić information content (AvgIpc) is 3.19. The van der Waals surface area contributed by atoms with Crippen LogP contribution in [0.25, 0.3) is 22.6 Å². The van der Waals surface area contributed by atoms with Crippen LogP contribution >= 0.6 is 0 Å². The fourth-order valence-electron chi connectivity index (χ4n) is 2.47. The molecule has 0 unspecified atom stereocenters. The molecule has 4 aromatic rings. The second-order valence-corrected chi connectivity index (χ2v) is 5.50. The molecule has 0 saturated carbocycles. The van der Waals surface area contributed by atoms with Crippen LogP contribution in [0, 0.1) is 0 Å². The van der Waals surface area contributed by atoms with Crippen molar-refractivity contribution >= 4 is 24.5 Å². The van der Waals surface area contributed by atoms with Crippen LogP contribution in [0.2, 0.25) is 0 Å². The number of aromatic amines is 1. The lowest BCUT2D eigenvalue weighted by atomic mass is 9.99. The van der Waals surface area contributed by atoms with Crippen LogP contribution in [0.3, 0.4) is 0 Å². The van der Waals surface area contributed by atoms with E-state index in [2.05, 4.69) is 19.9 Å². The smallest absolute Gasteiger partial charge is 0.178 e. The molecular formula is C17H14BN5O. The van der Waals surface area contributed by atoms with Crippen molar-refractivity contribution in [1.82, 2.24) is 24.5 Å². The van der Waals surface area contributed by atoms with Crippen LogP contribution in [0.5, 0.6) is 5.75 Å². The maximum absolute atomic E-state index is 5.83. The number of ether oxygens (including phenoxy) is 1. The van der Waals surface area contributed by atoms with Gasteiger partial charge in [0.25, 0.3) is 0 Å². The van der Waals surface area contributed by atoms with Crippen LogP contribution in [0.1, 0.15) is 5.82 Å². The first-order valence-electron chi connectivity index (χ1n) is 7.50. The summed E-state index contributed by atoms with van der Waals surface area (Å²) < 4.78 is 7.76. The Bertz CT molecular complexity index is 1010. The number of nitrogens with one attached hydrogen (secondary N) is 1. The molecule has 3 heterocycles. The molecule has 0 saturated heterocycles. The van der Waals surface area contributed by atoms with Gasteiger partial charge in [-0.3, -0.25) is 0 Å². The van der Waals surface area contributed by atoms with Crippen LogP contribution in [-0.2, 0) is 13.7 Å². The maximum atomic E-state index is 5.83. The lowest BCUT2D eigenvalue weighted by Crippen LogP contribution is -2.02. The number of rotatable bonds is 4. The molecule has 1 aromatic carbocycles. The minimum atomic E-state index is 0.408. The first kappa shape index (κ1) is 14.5. The second-order valence-electron chi connectivity index (χ2n) is 5.50. The van der Waals surface area contributed by atoms with E-state index in [4.69, 9.17) is 12.6 Å². The molecule has 0 amide bonds. The number of fused-ring (bicyclic) bond motifs is 1. The Morgan fingerprint density at radius 3 is 3.00 bits per heavy atom. The molecule has 0 fully saturated rings. The lowest BCUT2D eigenvalue weighted by Gasteiger charge is -2.07. The molecule has 0 spiro atoms. The number of imidazole rings is 2. The van der Waals surface area contributed by atoms with Gasteiger partial charge >= 0.3 is 0 Å². The zero-order valence-corrected chi connectivity index (χ0v) is 13.1. The Balaban J connectivity index is 1.60. The highest BCUT2D eigenvalue weighted by atomic mass is 16.5. The number of benzene rings is 1. The number of hydrogen-bond acceptors (Lipinski definition) is 4. The summed E-state index contributed by atoms with van der Waals surface area (Å²) in [5.41, 5.74) is 2.97. The van der Waals surface area contributed by atoms with Crippen LogP contribution in [-0.4, -0.2) is 32.3 Å². The zero-order valence-electron chi connectivity index (χ0n) is 13.1. The molecule has 24 heavy (non-hydrogen) atoms. The van der Waals surface area contributed by atoms with E-state index in [1.54, 1.807) is 12.4 Å². The van der Waals surface area contributed by atoms with Crippen molar-refractivity contribution in [2.75, 3.05) is 0 Å². The standard InChI is InChI=1S/C17H14BN5O/c1-23-6-5-19-15(23)10-24-13-4-2-3-11(7-13)16-21-14-8-12(18)9-20-17(14)22-16/h2-9H,10H2,1H3,(H,20,21,22). The third-order valence-electron chi connectivity index (χ3n) is 3.75.